The van der Waals surface area contributed by atoms with Crippen molar-refractivity contribution in [1.29, 1.82) is 0 Å². The average molecular weight is 373 g/mol. The molecule has 24 heavy (non-hydrogen) atoms. The fourth-order valence-electron chi connectivity index (χ4n) is 2.89. The van der Waals surface area contributed by atoms with Crippen LogP contribution in [0.4, 0.5) is 0 Å². The fourth-order valence-corrected chi connectivity index (χ4v) is 5.85. The number of carbonyl (C=O) groups is 1. The van der Waals surface area contributed by atoms with Crippen LogP contribution in [0.3, 0.4) is 0 Å². The molecule has 0 aromatic heterocycles. The molecule has 0 radical (unpaired) electrons. The topological polar surface area (TPSA) is 88.6 Å². The maximum Gasteiger partial charge on any atom is 0.223 e. The van der Waals surface area contributed by atoms with E-state index in [0.717, 1.165) is 5.56 Å². The Bertz CT molecular complexity index is 797. The van der Waals surface area contributed by atoms with Crippen LogP contribution in [0.15, 0.2) is 29.2 Å². The molecule has 1 atom stereocenters. The summed E-state index contributed by atoms with van der Waals surface area (Å²) in [7, 11) is -6.61. The highest BCUT2D eigenvalue weighted by Crippen LogP contribution is 2.19. The van der Waals surface area contributed by atoms with Gasteiger partial charge >= 0.3 is 0 Å². The number of sulfone groups is 2. The SMILES string of the molecule is CCN(C(=O)CCS(=O)(=O)c1ccc(C)cc1)C1CCS(=O)(=O)C1. The second kappa shape index (κ2) is 7.23. The summed E-state index contributed by atoms with van der Waals surface area (Å²) in [5.74, 6) is -0.527. The molecule has 1 aromatic carbocycles. The summed E-state index contributed by atoms with van der Waals surface area (Å²) in [6.07, 6.45) is 0.285. The summed E-state index contributed by atoms with van der Waals surface area (Å²) in [4.78, 5) is 14.1. The molecule has 6 nitrogen and oxygen atoms in total. The monoisotopic (exact) mass is 373 g/mol. The van der Waals surface area contributed by atoms with E-state index in [9.17, 15) is 21.6 Å². The van der Waals surface area contributed by atoms with Crippen molar-refractivity contribution >= 4 is 25.6 Å². The third kappa shape index (κ3) is 4.57. The van der Waals surface area contributed by atoms with E-state index in [0.29, 0.717) is 13.0 Å². The van der Waals surface area contributed by atoms with Gasteiger partial charge in [0.2, 0.25) is 5.91 Å². The van der Waals surface area contributed by atoms with Crippen molar-refractivity contribution in [2.75, 3.05) is 23.8 Å². The highest BCUT2D eigenvalue weighted by Gasteiger charge is 2.34. The van der Waals surface area contributed by atoms with Crippen molar-refractivity contribution in [3.8, 4) is 0 Å². The molecule has 0 bridgehead atoms. The molecule has 0 spiro atoms. The zero-order valence-corrected chi connectivity index (χ0v) is 15.6. The van der Waals surface area contributed by atoms with Crippen LogP contribution in [-0.2, 0) is 24.5 Å². The quantitative estimate of drug-likeness (QED) is 0.747. The first kappa shape index (κ1) is 18.9. The lowest BCUT2D eigenvalue weighted by atomic mass is 10.2. The molecule has 1 heterocycles. The Kier molecular flexibility index (Phi) is 5.70. The molecule has 1 saturated heterocycles. The maximum atomic E-state index is 12.4. The minimum Gasteiger partial charge on any atom is -0.339 e. The highest BCUT2D eigenvalue weighted by molar-refractivity contribution is 7.91. The van der Waals surface area contributed by atoms with Crippen LogP contribution in [0.5, 0.6) is 0 Å². The molecule has 1 aromatic rings. The van der Waals surface area contributed by atoms with Crippen molar-refractivity contribution in [3.63, 3.8) is 0 Å². The number of hydrogen-bond donors (Lipinski definition) is 0. The molecule has 134 valence electrons. The number of amides is 1. The first-order valence-electron chi connectivity index (χ1n) is 7.94. The van der Waals surface area contributed by atoms with Gasteiger partial charge in [-0.05, 0) is 32.4 Å². The van der Waals surface area contributed by atoms with E-state index in [1.165, 1.54) is 17.0 Å². The molecule has 1 aliphatic heterocycles. The van der Waals surface area contributed by atoms with Gasteiger partial charge in [-0.1, -0.05) is 17.7 Å². The van der Waals surface area contributed by atoms with Gasteiger partial charge in [0.1, 0.15) is 0 Å². The lowest BCUT2D eigenvalue weighted by molar-refractivity contribution is -0.132. The Balaban J connectivity index is 2.02. The van der Waals surface area contributed by atoms with E-state index in [4.69, 9.17) is 0 Å². The zero-order valence-electron chi connectivity index (χ0n) is 13.9. The molecule has 2 rings (SSSR count). The number of hydrogen-bond acceptors (Lipinski definition) is 5. The van der Waals surface area contributed by atoms with Gasteiger partial charge in [-0.25, -0.2) is 16.8 Å². The van der Waals surface area contributed by atoms with Gasteiger partial charge in [-0.3, -0.25) is 4.79 Å². The summed E-state index contributed by atoms with van der Waals surface area (Å²) in [6.45, 7) is 4.02. The van der Waals surface area contributed by atoms with Crippen LogP contribution in [0.1, 0.15) is 25.3 Å². The average Bonchev–Trinajstić information content (AvgIpc) is 2.86. The van der Waals surface area contributed by atoms with Gasteiger partial charge in [0.25, 0.3) is 0 Å². The Labute approximate surface area is 143 Å². The van der Waals surface area contributed by atoms with Gasteiger partial charge in [-0.2, -0.15) is 0 Å². The van der Waals surface area contributed by atoms with Crippen LogP contribution in [0, 0.1) is 6.92 Å². The first-order valence-corrected chi connectivity index (χ1v) is 11.4. The van der Waals surface area contributed by atoms with Crippen molar-refractivity contribution in [2.45, 2.75) is 37.6 Å². The van der Waals surface area contributed by atoms with Crippen LogP contribution in [0.2, 0.25) is 0 Å². The van der Waals surface area contributed by atoms with Crippen LogP contribution in [0.25, 0.3) is 0 Å². The molecular weight excluding hydrogens is 350 g/mol. The molecule has 1 aliphatic rings. The lowest BCUT2D eigenvalue weighted by Crippen LogP contribution is -2.41. The van der Waals surface area contributed by atoms with Crippen molar-refractivity contribution in [3.05, 3.63) is 29.8 Å². The molecule has 0 saturated carbocycles. The number of benzene rings is 1. The third-order valence-electron chi connectivity index (χ3n) is 4.27. The van der Waals surface area contributed by atoms with Crippen LogP contribution >= 0.6 is 0 Å². The summed E-state index contributed by atoms with van der Waals surface area (Å²) in [6, 6.07) is 6.17. The predicted molar refractivity (Wildman–Crippen MR) is 92.3 cm³/mol. The summed E-state index contributed by atoms with van der Waals surface area (Å²) in [5, 5.41) is 0. The lowest BCUT2D eigenvalue weighted by Gasteiger charge is -2.26. The van der Waals surface area contributed by atoms with Crippen molar-refractivity contribution < 1.29 is 21.6 Å². The van der Waals surface area contributed by atoms with Gasteiger partial charge in [0, 0.05) is 19.0 Å². The van der Waals surface area contributed by atoms with E-state index in [2.05, 4.69) is 0 Å². The van der Waals surface area contributed by atoms with Crippen LogP contribution in [-0.4, -0.2) is 57.5 Å². The number of carbonyl (C=O) groups excluding carboxylic acids is 1. The fraction of sp³-hybridized carbons (Fsp3) is 0.562. The molecule has 0 aliphatic carbocycles. The predicted octanol–water partition coefficient (Wildman–Crippen LogP) is 1.19. The first-order chi connectivity index (χ1) is 11.1. The van der Waals surface area contributed by atoms with E-state index in [1.807, 2.05) is 6.92 Å². The van der Waals surface area contributed by atoms with E-state index in [1.54, 1.807) is 19.1 Å². The van der Waals surface area contributed by atoms with E-state index in [-0.39, 0.29) is 40.5 Å². The zero-order chi connectivity index (χ0) is 18.0. The Morgan fingerprint density at radius 2 is 1.88 bits per heavy atom. The molecule has 8 heteroatoms. The molecular formula is C16H23NO5S2. The number of aryl methyl sites for hydroxylation is 1. The van der Waals surface area contributed by atoms with Gasteiger partial charge in [-0.15, -0.1) is 0 Å². The smallest absolute Gasteiger partial charge is 0.223 e. The normalized spacial score (nSPS) is 20.0. The third-order valence-corrected chi connectivity index (χ3v) is 7.76. The van der Waals surface area contributed by atoms with Gasteiger partial charge in [0.05, 0.1) is 22.2 Å². The van der Waals surface area contributed by atoms with Gasteiger partial charge < -0.3 is 4.90 Å². The molecule has 1 fully saturated rings. The Hall–Kier alpha value is -1.41. The molecule has 0 N–H and O–H groups in total. The molecule has 1 amide bonds. The van der Waals surface area contributed by atoms with Crippen LogP contribution < -0.4 is 0 Å². The minimum atomic E-state index is -3.53. The Morgan fingerprint density at radius 3 is 2.38 bits per heavy atom. The summed E-state index contributed by atoms with van der Waals surface area (Å²) >= 11 is 0. The largest absolute Gasteiger partial charge is 0.339 e. The standard InChI is InChI=1S/C16H23NO5S2/c1-3-17(14-8-10-23(19,20)12-14)16(18)9-11-24(21,22)15-6-4-13(2)5-7-15/h4-7,14H,3,8-12H2,1-2H3. The minimum absolute atomic E-state index is 0.0305. The summed E-state index contributed by atoms with van der Waals surface area (Å²) < 4.78 is 47.8. The molecule has 1 unspecified atom stereocenters. The van der Waals surface area contributed by atoms with Crippen molar-refractivity contribution in [2.24, 2.45) is 0 Å². The number of rotatable bonds is 6. The Morgan fingerprint density at radius 1 is 1.25 bits per heavy atom. The van der Waals surface area contributed by atoms with Gasteiger partial charge in [0.15, 0.2) is 19.7 Å². The number of nitrogens with zero attached hydrogens (tertiary/aromatic N) is 1. The summed E-state index contributed by atoms with van der Waals surface area (Å²) in [5.41, 5.74) is 0.963. The van der Waals surface area contributed by atoms with Crippen molar-refractivity contribution in [1.82, 2.24) is 4.90 Å². The maximum absolute atomic E-state index is 12.4. The second-order valence-electron chi connectivity index (χ2n) is 6.12. The second-order valence-corrected chi connectivity index (χ2v) is 10.5. The van der Waals surface area contributed by atoms with E-state index >= 15 is 0 Å². The van der Waals surface area contributed by atoms with E-state index < -0.39 is 19.7 Å². The highest BCUT2D eigenvalue weighted by atomic mass is 32.2.